The summed E-state index contributed by atoms with van der Waals surface area (Å²) in [4.78, 5) is 28.7. The summed E-state index contributed by atoms with van der Waals surface area (Å²) in [5.41, 5.74) is 3.31. The predicted molar refractivity (Wildman–Crippen MR) is 134 cm³/mol. The highest BCUT2D eigenvalue weighted by molar-refractivity contribution is 5.89. The highest BCUT2D eigenvalue weighted by atomic mass is 19.1. The second kappa shape index (κ2) is 12.1. The van der Waals surface area contributed by atoms with Crippen molar-refractivity contribution in [3.63, 3.8) is 0 Å². The summed E-state index contributed by atoms with van der Waals surface area (Å²) >= 11 is 0. The molecule has 0 radical (unpaired) electrons. The lowest BCUT2D eigenvalue weighted by Crippen LogP contribution is -2.52. The highest BCUT2D eigenvalue weighted by Crippen LogP contribution is 2.18. The van der Waals surface area contributed by atoms with Crippen LogP contribution in [0, 0.1) is 12.7 Å². The van der Waals surface area contributed by atoms with E-state index in [2.05, 4.69) is 5.32 Å². The zero-order valence-electron chi connectivity index (χ0n) is 20.1. The number of carbonyl (C=O) groups is 2. The van der Waals surface area contributed by atoms with E-state index in [1.807, 2.05) is 75.4 Å². The maximum Gasteiger partial charge on any atom is 0.243 e. The number of hydrogen-bond donors (Lipinski definition) is 1. The first-order valence-corrected chi connectivity index (χ1v) is 11.8. The predicted octanol–water partition coefficient (Wildman–Crippen LogP) is 5.23. The van der Waals surface area contributed by atoms with Gasteiger partial charge in [-0.15, -0.1) is 0 Å². The fraction of sp³-hybridized carbons (Fsp3) is 0.310. The molecular weight excluding hydrogens is 427 g/mol. The fourth-order valence-corrected chi connectivity index (χ4v) is 3.79. The summed E-state index contributed by atoms with van der Waals surface area (Å²) in [5.74, 6) is -0.909. The third-order valence-corrected chi connectivity index (χ3v) is 6.05. The smallest absolute Gasteiger partial charge is 0.243 e. The Labute approximate surface area is 201 Å². The number of benzene rings is 3. The van der Waals surface area contributed by atoms with Gasteiger partial charge in [0.15, 0.2) is 0 Å². The molecule has 0 saturated heterocycles. The van der Waals surface area contributed by atoms with Crippen LogP contribution in [-0.2, 0) is 29.0 Å². The molecule has 178 valence electrons. The van der Waals surface area contributed by atoms with E-state index in [1.54, 1.807) is 23.1 Å². The molecule has 2 amide bonds. The fourth-order valence-electron chi connectivity index (χ4n) is 3.79. The van der Waals surface area contributed by atoms with Gasteiger partial charge in [0.25, 0.3) is 0 Å². The minimum Gasteiger partial charge on any atom is -0.352 e. The van der Waals surface area contributed by atoms with Crippen LogP contribution in [0.3, 0.4) is 0 Å². The van der Waals surface area contributed by atoms with E-state index in [0.717, 1.165) is 23.1 Å². The van der Waals surface area contributed by atoms with Gasteiger partial charge in [0.1, 0.15) is 11.9 Å². The lowest BCUT2D eigenvalue weighted by atomic mass is 10.0. The number of rotatable bonds is 10. The zero-order chi connectivity index (χ0) is 24.5. The maximum absolute atomic E-state index is 14.4. The van der Waals surface area contributed by atoms with Crippen LogP contribution < -0.4 is 5.32 Å². The number of aryl methyl sites for hydroxylation is 1. The molecule has 0 aliphatic rings. The van der Waals surface area contributed by atoms with Crippen molar-refractivity contribution >= 4 is 11.8 Å². The van der Waals surface area contributed by atoms with E-state index in [-0.39, 0.29) is 30.8 Å². The standard InChI is InChI=1S/C29H33FN2O2/c1-4-22(3)31-29(34)27(18-23-10-6-5-7-11-23)32(20-24-16-14-21(2)15-17-24)28(33)19-25-12-8-9-13-26(25)30/h5-17,22,27H,4,18-20H2,1-3H3,(H,31,34)/t22-,27+/m0/s1. The SMILES string of the molecule is CC[C@H](C)NC(=O)[C@@H](Cc1ccccc1)N(Cc1ccc(C)cc1)C(=O)Cc1ccccc1F. The van der Waals surface area contributed by atoms with Crippen LogP contribution in [0.2, 0.25) is 0 Å². The molecular formula is C29H33FN2O2. The van der Waals surface area contributed by atoms with Gasteiger partial charge in [-0.2, -0.15) is 0 Å². The van der Waals surface area contributed by atoms with E-state index in [4.69, 9.17) is 0 Å². The van der Waals surface area contributed by atoms with Crippen molar-refractivity contribution in [1.82, 2.24) is 10.2 Å². The highest BCUT2D eigenvalue weighted by Gasteiger charge is 2.31. The molecule has 0 heterocycles. The average Bonchev–Trinajstić information content (AvgIpc) is 2.84. The van der Waals surface area contributed by atoms with Gasteiger partial charge < -0.3 is 10.2 Å². The quantitative estimate of drug-likeness (QED) is 0.450. The Balaban J connectivity index is 1.97. The van der Waals surface area contributed by atoms with Crippen LogP contribution in [0.1, 0.15) is 42.5 Å². The monoisotopic (exact) mass is 460 g/mol. The molecule has 2 atom stereocenters. The number of hydrogen-bond acceptors (Lipinski definition) is 2. The van der Waals surface area contributed by atoms with E-state index in [9.17, 15) is 14.0 Å². The van der Waals surface area contributed by atoms with Gasteiger partial charge in [-0.05, 0) is 43.0 Å². The van der Waals surface area contributed by atoms with Crippen LogP contribution in [-0.4, -0.2) is 28.8 Å². The lowest BCUT2D eigenvalue weighted by molar-refractivity contribution is -0.141. The second-order valence-electron chi connectivity index (χ2n) is 8.80. The average molecular weight is 461 g/mol. The van der Waals surface area contributed by atoms with Crippen molar-refractivity contribution < 1.29 is 14.0 Å². The first-order chi connectivity index (χ1) is 16.4. The summed E-state index contributed by atoms with van der Waals surface area (Å²) in [5, 5.41) is 3.05. The normalized spacial score (nSPS) is 12.6. The molecule has 4 nitrogen and oxygen atoms in total. The molecule has 0 bridgehead atoms. The maximum atomic E-state index is 14.4. The van der Waals surface area contributed by atoms with Crippen LogP contribution in [0.15, 0.2) is 78.9 Å². The van der Waals surface area contributed by atoms with Crippen LogP contribution >= 0.6 is 0 Å². The number of amides is 2. The Hall–Kier alpha value is -3.47. The van der Waals surface area contributed by atoms with Crippen molar-refractivity contribution in [2.24, 2.45) is 0 Å². The molecule has 0 aromatic heterocycles. The van der Waals surface area contributed by atoms with Gasteiger partial charge in [-0.3, -0.25) is 9.59 Å². The van der Waals surface area contributed by atoms with Crippen molar-refractivity contribution in [3.8, 4) is 0 Å². The number of halogens is 1. The van der Waals surface area contributed by atoms with Gasteiger partial charge in [-0.25, -0.2) is 4.39 Å². The molecule has 0 aliphatic heterocycles. The third kappa shape index (κ3) is 7.01. The Morgan fingerprint density at radius 1 is 0.912 bits per heavy atom. The largest absolute Gasteiger partial charge is 0.352 e. The van der Waals surface area contributed by atoms with E-state index in [1.165, 1.54) is 6.07 Å². The van der Waals surface area contributed by atoms with Gasteiger partial charge in [0.05, 0.1) is 6.42 Å². The molecule has 3 aromatic carbocycles. The molecule has 3 aromatic rings. The van der Waals surface area contributed by atoms with Crippen LogP contribution in [0.5, 0.6) is 0 Å². The summed E-state index contributed by atoms with van der Waals surface area (Å²) in [6.07, 6.45) is 1.04. The van der Waals surface area contributed by atoms with Gasteiger partial charge in [-0.1, -0.05) is 85.3 Å². The molecule has 0 fully saturated rings. The van der Waals surface area contributed by atoms with E-state index < -0.39 is 11.9 Å². The molecule has 3 rings (SSSR count). The molecule has 1 N–H and O–H groups in total. The van der Waals surface area contributed by atoms with Crippen LogP contribution in [0.4, 0.5) is 4.39 Å². The van der Waals surface area contributed by atoms with Gasteiger partial charge >= 0.3 is 0 Å². The summed E-state index contributed by atoms with van der Waals surface area (Å²) in [6.45, 7) is 6.22. The van der Waals surface area contributed by atoms with Crippen molar-refractivity contribution in [2.45, 2.75) is 58.7 Å². The summed E-state index contributed by atoms with van der Waals surface area (Å²) in [7, 11) is 0. The number of nitrogens with zero attached hydrogens (tertiary/aromatic N) is 1. The molecule has 34 heavy (non-hydrogen) atoms. The molecule has 0 saturated carbocycles. The Kier molecular flexibility index (Phi) is 8.97. The summed E-state index contributed by atoms with van der Waals surface area (Å²) in [6, 6.07) is 23.1. The lowest BCUT2D eigenvalue weighted by Gasteiger charge is -2.32. The van der Waals surface area contributed by atoms with E-state index >= 15 is 0 Å². The van der Waals surface area contributed by atoms with Crippen molar-refractivity contribution in [1.29, 1.82) is 0 Å². The first kappa shape index (κ1) is 25.2. The van der Waals surface area contributed by atoms with Crippen molar-refractivity contribution in [2.75, 3.05) is 0 Å². The number of carbonyl (C=O) groups excluding carboxylic acids is 2. The molecule has 0 unspecified atom stereocenters. The van der Waals surface area contributed by atoms with Gasteiger partial charge in [0, 0.05) is 19.0 Å². The first-order valence-electron chi connectivity index (χ1n) is 11.8. The molecule has 0 aliphatic carbocycles. The van der Waals surface area contributed by atoms with Crippen LogP contribution in [0.25, 0.3) is 0 Å². The Morgan fingerprint density at radius 2 is 1.56 bits per heavy atom. The topological polar surface area (TPSA) is 49.4 Å². The summed E-state index contributed by atoms with van der Waals surface area (Å²) < 4.78 is 14.4. The minimum absolute atomic E-state index is 0.0198. The Bertz CT molecular complexity index is 1080. The van der Waals surface area contributed by atoms with Gasteiger partial charge in [0.2, 0.25) is 11.8 Å². The minimum atomic E-state index is -0.725. The van der Waals surface area contributed by atoms with Crippen molar-refractivity contribution in [3.05, 3.63) is 107 Å². The number of nitrogens with one attached hydrogen (secondary N) is 1. The zero-order valence-corrected chi connectivity index (χ0v) is 20.1. The van der Waals surface area contributed by atoms with E-state index in [0.29, 0.717) is 12.0 Å². The molecule has 5 heteroatoms. The molecule has 0 spiro atoms. The Morgan fingerprint density at radius 3 is 2.21 bits per heavy atom. The third-order valence-electron chi connectivity index (χ3n) is 6.05. The second-order valence-corrected chi connectivity index (χ2v) is 8.80.